The van der Waals surface area contributed by atoms with Gasteiger partial charge in [-0.05, 0) is 55.8 Å². The van der Waals surface area contributed by atoms with E-state index < -0.39 is 0 Å². The average Bonchev–Trinajstić information content (AvgIpc) is 3.19. The van der Waals surface area contributed by atoms with Gasteiger partial charge in [-0.1, -0.05) is 12.8 Å². The van der Waals surface area contributed by atoms with Crippen LogP contribution in [-0.2, 0) is 9.53 Å². The highest BCUT2D eigenvalue weighted by molar-refractivity contribution is 5.85. The Bertz CT molecular complexity index is 383. The minimum Gasteiger partial charge on any atom is -0.385 e. The minimum atomic E-state index is 0. The molecule has 4 unspecified atom stereocenters. The summed E-state index contributed by atoms with van der Waals surface area (Å²) in [4.78, 5) is 12.6. The third-order valence-corrected chi connectivity index (χ3v) is 6.42. The van der Waals surface area contributed by atoms with Gasteiger partial charge in [0.2, 0.25) is 5.91 Å². The van der Waals surface area contributed by atoms with Crippen molar-refractivity contribution >= 4 is 18.3 Å². The number of fused-ring (bicyclic) bond motifs is 2. The Morgan fingerprint density at radius 2 is 1.95 bits per heavy atom. The number of halogens is 1. The van der Waals surface area contributed by atoms with Crippen LogP contribution in [0, 0.1) is 23.2 Å². The van der Waals surface area contributed by atoms with Crippen LogP contribution in [0.1, 0.15) is 51.4 Å². The SMILES string of the molecule is COCCC1(CNC(=O)C2C3CCC(C3)C2N)CCCC1.Cl. The van der Waals surface area contributed by atoms with Crippen molar-refractivity contribution in [3.63, 3.8) is 0 Å². The third kappa shape index (κ3) is 3.44. The predicted molar refractivity (Wildman–Crippen MR) is 89.9 cm³/mol. The Morgan fingerprint density at radius 3 is 2.55 bits per heavy atom. The molecule has 0 spiro atoms. The van der Waals surface area contributed by atoms with E-state index in [-0.39, 0.29) is 35.7 Å². The normalized spacial score (nSPS) is 35.4. The zero-order chi connectivity index (χ0) is 14.9. The van der Waals surface area contributed by atoms with Crippen molar-refractivity contribution in [2.24, 2.45) is 28.9 Å². The fourth-order valence-corrected chi connectivity index (χ4v) is 5.08. The first kappa shape index (κ1) is 18.0. The van der Waals surface area contributed by atoms with Gasteiger partial charge in [0.05, 0.1) is 5.92 Å². The van der Waals surface area contributed by atoms with Gasteiger partial charge in [-0.15, -0.1) is 12.4 Å². The van der Waals surface area contributed by atoms with Crippen molar-refractivity contribution < 1.29 is 9.53 Å². The number of methoxy groups -OCH3 is 1. The summed E-state index contributed by atoms with van der Waals surface area (Å²) in [7, 11) is 1.76. The summed E-state index contributed by atoms with van der Waals surface area (Å²) in [6.07, 6.45) is 9.68. The maximum Gasteiger partial charge on any atom is 0.224 e. The van der Waals surface area contributed by atoms with E-state index in [0.717, 1.165) is 19.6 Å². The van der Waals surface area contributed by atoms with Crippen LogP contribution in [0.4, 0.5) is 0 Å². The number of nitrogens with two attached hydrogens (primary N) is 1. The summed E-state index contributed by atoms with van der Waals surface area (Å²) in [6, 6.07) is 0.0993. The van der Waals surface area contributed by atoms with E-state index in [0.29, 0.717) is 11.8 Å². The molecule has 3 rings (SSSR count). The minimum absolute atomic E-state index is 0. The number of nitrogens with one attached hydrogen (secondary N) is 1. The Labute approximate surface area is 140 Å². The molecule has 0 aliphatic heterocycles. The lowest BCUT2D eigenvalue weighted by molar-refractivity contribution is -0.127. The molecular formula is C17H31ClN2O2. The Morgan fingerprint density at radius 1 is 1.27 bits per heavy atom. The van der Waals surface area contributed by atoms with Crippen LogP contribution >= 0.6 is 12.4 Å². The van der Waals surface area contributed by atoms with E-state index in [1.54, 1.807) is 7.11 Å². The van der Waals surface area contributed by atoms with Crippen molar-refractivity contribution in [2.45, 2.75) is 57.4 Å². The quantitative estimate of drug-likeness (QED) is 0.786. The Balaban J connectivity index is 0.00000176. The molecule has 3 N–H and O–H groups in total. The maximum absolute atomic E-state index is 12.6. The largest absolute Gasteiger partial charge is 0.385 e. The highest BCUT2D eigenvalue weighted by Crippen LogP contribution is 2.48. The molecule has 5 heteroatoms. The van der Waals surface area contributed by atoms with E-state index in [9.17, 15) is 4.79 Å². The molecule has 22 heavy (non-hydrogen) atoms. The lowest BCUT2D eigenvalue weighted by atomic mass is 9.81. The molecule has 1 amide bonds. The van der Waals surface area contributed by atoms with Crippen LogP contribution in [0.25, 0.3) is 0 Å². The smallest absolute Gasteiger partial charge is 0.224 e. The Hall–Kier alpha value is -0.320. The van der Waals surface area contributed by atoms with Crippen LogP contribution in [0.3, 0.4) is 0 Å². The maximum atomic E-state index is 12.6. The summed E-state index contributed by atoms with van der Waals surface area (Å²) < 4.78 is 5.26. The van der Waals surface area contributed by atoms with E-state index in [1.165, 1.54) is 44.9 Å². The van der Waals surface area contributed by atoms with Gasteiger partial charge in [-0.25, -0.2) is 0 Å². The van der Waals surface area contributed by atoms with E-state index in [1.807, 2.05) is 0 Å². The molecule has 0 heterocycles. The molecule has 128 valence electrons. The summed E-state index contributed by atoms with van der Waals surface area (Å²) in [5, 5.41) is 3.26. The first-order chi connectivity index (χ1) is 10.2. The van der Waals surface area contributed by atoms with Gasteiger partial charge in [0, 0.05) is 26.3 Å². The highest BCUT2D eigenvalue weighted by atomic mass is 35.5. The molecular weight excluding hydrogens is 300 g/mol. The van der Waals surface area contributed by atoms with Crippen molar-refractivity contribution in [1.82, 2.24) is 5.32 Å². The van der Waals surface area contributed by atoms with Gasteiger partial charge in [0.25, 0.3) is 0 Å². The molecule has 2 bridgehead atoms. The number of amides is 1. The van der Waals surface area contributed by atoms with Gasteiger partial charge >= 0.3 is 0 Å². The molecule has 0 radical (unpaired) electrons. The topological polar surface area (TPSA) is 64.3 Å². The second-order valence-electron chi connectivity index (χ2n) is 7.60. The molecule has 4 atom stereocenters. The van der Waals surface area contributed by atoms with Crippen molar-refractivity contribution in [3.05, 3.63) is 0 Å². The van der Waals surface area contributed by atoms with Crippen molar-refractivity contribution in [3.8, 4) is 0 Å². The first-order valence-corrected chi connectivity index (χ1v) is 8.67. The molecule has 0 saturated heterocycles. The average molecular weight is 331 g/mol. The zero-order valence-electron chi connectivity index (χ0n) is 13.7. The number of hydrogen-bond donors (Lipinski definition) is 2. The molecule has 3 aliphatic carbocycles. The first-order valence-electron chi connectivity index (χ1n) is 8.67. The predicted octanol–water partition coefficient (Wildman–Crippen LogP) is 2.49. The third-order valence-electron chi connectivity index (χ3n) is 6.42. The van der Waals surface area contributed by atoms with Crippen LogP contribution in [0.2, 0.25) is 0 Å². The number of ether oxygens (including phenoxy) is 1. The second-order valence-corrected chi connectivity index (χ2v) is 7.60. The molecule has 3 fully saturated rings. The lowest BCUT2D eigenvalue weighted by Crippen LogP contribution is -2.47. The van der Waals surface area contributed by atoms with Crippen LogP contribution < -0.4 is 11.1 Å². The number of carbonyl (C=O) groups is 1. The molecule has 3 saturated carbocycles. The fourth-order valence-electron chi connectivity index (χ4n) is 5.08. The standard InChI is InChI=1S/C17H30N2O2.ClH/c1-21-9-8-17(6-2-3-7-17)11-19-16(20)14-12-4-5-13(10-12)15(14)18;/h12-15H,2-11,18H2,1H3,(H,19,20);1H. The monoisotopic (exact) mass is 330 g/mol. The Kier molecular flexibility index (Phi) is 6.14. The molecule has 0 aromatic carbocycles. The van der Waals surface area contributed by atoms with E-state index >= 15 is 0 Å². The summed E-state index contributed by atoms with van der Waals surface area (Å²) in [5.74, 6) is 1.44. The van der Waals surface area contributed by atoms with Crippen LogP contribution in [0.5, 0.6) is 0 Å². The molecule has 4 nitrogen and oxygen atoms in total. The van der Waals surface area contributed by atoms with Gasteiger partial charge in [-0.3, -0.25) is 4.79 Å². The van der Waals surface area contributed by atoms with Gasteiger partial charge in [0.15, 0.2) is 0 Å². The molecule has 0 aromatic rings. The summed E-state index contributed by atoms with van der Waals surface area (Å²) in [5.41, 5.74) is 6.55. The van der Waals surface area contributed by atoms with Gasteiger partial charge in [0.1, 0.15) is 0 Å². The number of rotatable bonds is 6. The van der Waals surface area contributed by atoms with E-state index in [4.69, 9.17) is 10.5 Å². The van der Waals surface area contributed by atoms with Crippen LogP contribution in [-0.4, -0.2) is 32.2 Å². The lowest BCUT2D eigenvalue weighted by Gasteiger charge is -2.32. The number of carbonyl (C=O) groups excluding carboxylic acids is 1. The van der Waals surface area contributed by atoms with Gasteiger partial charge < -0.3 is 15.8 Å². The van der Waals surface area contributed by atoms with E-state index in [2.05, 4.69) is 5.32 Å². The number of hydrogen-bond acceptors (Lipinski definition) is 3. The van der Waals surface area contributed by atoms with Crippen molar-refractivity contribution in [1.29, 1.82) is 0 Å². The van der Waals surface area contributed by atoms with Gasteiger partial charge in [-0.2, -0.15) is 0 Å². The summed E-state index contributed by atoms with van der Waals surface area (Å²) >= 11 is 0. The highest BCUT2D eigenvalue weighted by Gasteiger charge is 2.49. The van der Waals surface area contributed by atoms with Crippen molar-refractivity contribution in [2.75, 3.05) is 20.3 Å². The van der Waals surface area contributed by atoms with Crippen LogP contribution in [0.15, 0.2) is 0 Å². The zero-order valence-corrected chi connectivity index (χ0v) is 14.5. The summed E-state index contributed by atoms with van der Waals surface area (Å²) in [6.45, 7) is 1.61. The molecule has 3 aliphatic rings. The fraction of sp³-hybridized carbons (Fsp3) is 0.941. The molecule has 0 aromatic heterocycles. The second kappa shape index (κ2) is 7.50.